The second kappa shape index (κ2) is 5.99. The first-order chi connectivity index (χ1) is 7.78. The van der Waals surface area contributed by atoms with E-state index in [1.54, 1.807) is 0 Å². The smallest absolute Gasteiger partial charge is 0.0110 e. The summed E-state index contributed by atoms with van der Waals surface area (Å²) < 4.78 is 0. The van der Waals surface area contributed by atoms with Gasteiger partial charge in [-0.3, -0.25) is 0 Å². The minimum absolute atomic E-state index is 0.795. The molecule has 94 valence electrons. The van der Waals surface area contributed by atoms with Gasteiger partial charge in [-0.15, -0.1) is 0 Å². The van der Waals surface area contributed by atoms with Gasteiger partial charge in [0.25, 0.3) is 0 Å². The highest BCUT2D eigenvalue weighted by Gasteiger charge is 2.23. The first-order valence-corrected chi connectivity index (χ1v) is 6.86. The van der Waals surface area contributed by atoms with E-state index in [-0.39, 0.29) is 0 Å². The zero-order valence-corrected chi connectivity index (χ0v) is 10.9. The Labute approximate surface area is 100 Å². The molecule has 1 aliphatic carbocycles. The molecule has 1 saturated heterocycles. The maximum atomic E-state index is 3.41. The summed E-state index contributed by atoms with van der Waals surface area (Å²) in [6.45, 7) is 6.42. The van der Waals surface area contributed by atoms with Gasteiger partial charge in [0, 0.05) is 38.8 Å². The van der Waals surface area contributed by atoms with Gasteiger partial charge >= 0.3 is 0 Å². The summed E-state index contributed by atoms with van der Waals surface area (Å²) in [4.78, 5) is 5.11. The fourth-order valence-corrected chi connectivity index (χ4v) is 3.03. The van der Waals surface area contributed by atoms with Crippen molar-refractivity contribution in [2.45, 2.75) is 31.7 Å². The molecule has 0 aromatic carbocycles. The first kappa shape index (κ1) is 12.3. The number of piperazine rings is 1. The molecule has 3 heteroatoms. The van der Waals surface area contributed by atoms with Crippen LogP contribution in [0.3, 0.4) is 0 Å². The summed E-state index contributed by atoms with van der Waals surface area (Å²) in [6, 6.07) is 0.795. The van der Waals surface area contributed by atoms with Crippen LogP contribution in [-0.4, -0.2) is 62.7 Å². The van der Waals surface area contributed by atoms with Gasteiger partial charge in [-0.25, -0.2) is 0 Å². The van der Waals surface area contributed by atoms with E-state index in [4.69, 9.17) is 0 Å². The van der Waals surface area contributed by atoms with E-state index >= 15 is 0 Å². The summed E-state index contributed by atoms with van der Waals surface area (Å²) in [5, 5.41) is 3.41. The molecule has 16 heavy (non-hydrogen) atoms. The maximum absolute atomic E-state index is 3.41. The lowest BCUT2D eigenvalue weighted by molar-refractivity contribution is 0.122. The molecule has 2 fully saturated rings. The second-order valence-electron chi connectivity index (χ2n) is 5.61. The molecule has 0 amide bonds. The summed E-state index contributed by atoms with van der Waals surface area (Å²) in [5.41, 5.74) is 0. The zero-order valence-electron chi connectivity index (χ0n) is 10.9. The summed E-state index contributed by atoms with van der Waals surface area (Å²) in [7, 11) is 4.33. The fraction of sp³-hybridized carbons (Fsp3) is 1.00. The molecule has 0 atom stereocenters. The monoisotopic (exact) mass is 225 g/mol. The molecular weight excluding hydrogens is 198 g/mol. The van der Waals surface area contributed by atoms with Gasteiger partial charge in [0.2, 0.25) is 0 Å². The standard InChI is InChI=1S/C13H27N3/c1-14-13-5-3-12(4-6-13)11-16-9-7-15(2)8-10-16/h12-14H,3-11H2,1-2H3. The van der Waals surface area contributed by atoms with E-state index < -0.39 is 0 Å². The number of rotatable bonds is 3. The maximum Gasteiger partial charge on any atom is 0.0110 e. The Morgan fingerprint density at radius 3 is 2.19 bits per heavy atom. The van der Waals surface area contributed by atoms with E-state index in [0.717, 1.165) is 12.0 Å². The molecule has 1 N–H and O–H groups in total. The van der Waals surface area contributed by atoms with Crippen LogP contribution in [0.15, 0.2) is 0 Å². The van der Waals surface area contributed by atoms with Crippen LogP contribution in [0.1, 0.15) is 25.7 Å². The van der Waals surface area contributed by atoms with Gasteiger partial charge in [-0.2, -0.15) is 0 Å². The Hall–Kier alpha value is -0.120. The molecular formula is C13H27N3. The van der Waals surface area contributed by atoms with E-state index in [1.807, 2.05) is 0 Å². The van der Waals surface area contributed by atoms with Crippen LogP contribution in [0.2, 0.25) is 0 Å². The normalized spacial score (nSPS) is 34.1. The molecule has 0 unspecified atom stereocenters. The molecule has 1 aliphatic heterocycles. The lowest BCUT2D eigenvalue weighted by Gasteiger charge is -2.36. The molecule has 1 heterocycles. The van der Waals surface area contributed by atoms with Crippen molar-refractivity contribution in [1.29, 1.82) is 0 Å². The molecule has 3 nitrogen and oxygen atoms in total. The van der Waals surface area contributed by atoms with Gasteiger partial charge in [-0.1, -0.05) is 0 Å². The van der Waals surface area contributed by atoms with Crippen molar-refractivity contribution in [3.05, 3.63) is 0 Å². The van der Waals surface area contributed by atoms with Crippen LogP contribution in [0, 0.1) is 5.92 Å². The van der Waals surface area contributed by atoms with Crippen molar-refractivity contribution in [2.24, 2.45) is 5.92 Å². The summed E-state index contributed by atoms with van der Waals surface area (Å²) >= 11 is 0. The molecule has 0 spiro atoms. The molecule has 2 aliphatic rings. The Morgan fingerprint density at radius 2 is 1.62 bits per heavy atom. The first-order valence-electron chi connectivity index (χ1n) is 6.86. The van der Waals surface area contributed by atoms with Crippen LogP contribution < -0.4 is 5.32 Å². The third-order valence-corrected chi connectivity index (χ3v) is 4.37. The summed E-state index contributed by atoms with van der Waals surface area (Å²) in [5.74, 6) is 0.966. The highest BCUT2D eigenvalue weighted by Crippen LogP contribution is 2.25. The van der Waals surface area contributed by atoms with Crippen molar-refractivity contribution < 1.29 is 0 Å². The number of hydrogen-bond donors (Lipinski definition) is 1. The minimum Gasteiger partial charge on any atom is -0.317 e. The minimum atomic E-state index is 0.795. The van der Waals surface area contributed by atoms with Gasteiger partial charge in [0.1, 0.15) is 0 Å². The van der Waals surface area contributed by atoms with E-state index in [0.29, 0.717) is 0 Å². The highest BCUT2D eigenvalue weighted by molar-refractivity contribution is 4.79. The lowest BCUT2D eigenvalue weighted by atomic mass is 9.85. The second-order valence-corrected chi connectivity index (χ2v) is 5.61. The van der Waals surface area contributed by atoms with Crippen LogP contribution in [0.4, 0.5) is 0 Å². The Kier molecular flexibility index (Phi) is 4.62. The zero-order chi connectivity index (χ0) is 11.4. The topological polar surface area (TPSA) is 18.5 Å². The molecule has 1 saturated carbocycles. The largest absolute Gasteiger partial charge is 0.317 e. The highest BCUT2D eigenvalue weighted by atomic mass is 15.2. The predicted octanol–water partition coefficient (Wildman–Crippen LogP) is 1.01. The SMILES string of the molecule is CNC1CCC(CN2CCN(C)CC2)CC1. The van der Waals surface area contributed by atoms with Crippen molar-refractivity contribution >= 4 is 0 Å². The quantitative estimate of drug-likeness (QED) is 0.773. The third-order valence-electron chi connectivity index (χ3n) is 4.37. The molecule has 0 aromatic rings. The van der Waals surface area contributed by atoms with Crippen LogP contribution in [0.25, 0.3) is 0 Å². The summed E-state index contributed by atoms with van der Waals surface area (Å²) in [6.07, 6.45) is 5.62. The average Bonchev–Trinajstić information content (AvgIpc) is 2.33. The van der Waals surface area contributed by atoms with Crippen LogP contribution in [-0.2, 0) is 0 Å². The van der Waals surface area contributed by atoms with Crippen LogP contribution >= 0.6 is 0 Å². The van der Waals surface area contributed by atoms with Crippen molar-refractivity contribution in [1.82, 2.24) is 15.1 Å². The van der Waals surface area contributed by atoms with Gasteiger partial charge in [0.15, 0.2) is 0 Å². The van der Waals surface area contributed by atoms with Crippen molar-refractivity contribution in [3.63, 3.8) is 0 Å². The van der Waals surface area contributed by atoms with Gasteiger partial charge in [0.05, 0.1) is 0 Å². The van der Waals surface area contributed by atoms with Crippen molar-refractivity contribution in [2.75, 3.05) is 46.8 Å². The predicted molar refractivity (Wildman–Crippen MR) is 68.7 cm³/mol. The third kappa shape index (κ3) is 3.44. The van der Waals surface area contributed by atoms with E-state index in [1.165, 1.54) is 58.4 Å². The Bertz CT molecular complexity index is 191. The van der Waals surface area contributed by atoms with Gasteiger partial charge in [-0.05, 0) is 45.7 Å². The Morgan fingerprint density at radius 1 is 1.00 bits per heavy atom. The molecule has 0 bridgehead atoms. The number of nitrogens with one attached hydrogen (secondary N) is 1. The number of likely N-dealkylation sites (N-methyl/N-ethyl adjacent to an activating group) is 1. The lowest BCUT2D eigenvalue weighted by Crippen LogP contribution is -2.46. The number of hydrogen-bond acceptors (Lipinski definition) is 3. The Balaban J connectivity index is 1.66. The fourth-order valence-electron chi connectivity index (χ4n) is 3.03. The molecule has 0 radical (unpaired) electrons. The van der Waals surface area contributed by atoms with E-state index in [9.17, 15) is 0 Å². The van der Waals surface area contributed by atoms with Crippen LogP contribution in [0.5, 0.6) is 0 Å². The van der Waals surface area contributed by atoms with E-state index in [2.05, 4.69) is 29.2 Å². The average molecular weight is 225 g/mol. The molecule has 2 rings (SSSR count). The van der Waals surface area contributed by atoms with Gasteiger partial charge < -0.3 is 15.1 Å². The number of nitrogens with zero attached hydrogens (tertiary/aromatic N) is 2. The molecule has 0 aromatic heterocycles. The van der Waals surface area contributed by atoms with Crippen molar-refractivity contribution in [3.8, 4) is 0 Å².